The predicted octanol–water partition coefficient (Wildman–Crippen LogP) is -3.08. The molecule has 0 spiro atoms. The molecule has 108 valence electrons. The fourth-order valence-electron chi connectivity index (χ4n) is 2.53. The zero-order valence-corrected chi connectivity index (χ0v) is 9.55. The normalized spacial score (nSPS) is 34.4. The lowest BCUT2D eigenvalue weighted by atomic mass is 10.2. The van der Waals surface area contributed by atoms with Gasteiger partial charge in [-0.3, -0.25) is 0 Å². The molecule has 14 heteroatoms. The Morgan fingerprint density at radius 3 is 1.20 bits per heavy atom. The number of carbonyl (C=O) groups is 2. The number of piperazine rings is 1. The van der Waals surface area contributed by atoms with E-state index in [-0.39, 0.29) is 0 Å². The number of urea groups is 2. The third-order valence-electron chi connectivity index (χ3n) is 3.23. The van der Waals surface area contributed by atoms with Gasteiger partial charge < -0.3 is 21.3 Å². The number of hydrogen-bond donors (Lipinski definition) is 4. The summed E-state index contributed by atoms with van der Waals surface area (Å²) in [4.78, 5) is 44.8. The Morgan fingerprint density at radius 2 is 1.00 bits per heavy atom. The molecule has 3 heterocycles. The average Bonchev–Trinajstić information content (AvgIpc) is 2.85. The first-order chi connectivity index (χ1) is 9.40. The maximum absolute atomic E-state index is 11.3. The zero-order chi connectivity index (χ0) is 14.6. The molecule has 0 aromatic rings. The van der Waals surface area contributed by atoms with Gasteiger partial charge in [0.05, 0.1) is 0 Å². The van der Waals surface area contributed by atoms with E-state index in [2.05, 4.69) is 21.3 Å². The molecule has 0 aromatic carbocycles. The molecule has 0 bridgehead atoms. The quantitative estimate of drug-likeness (QED) is 0.305. The molecule has 4 N–H and O–H groups in total. The lowest BCUT2D eigenvalue weighted by Crippen LogP contribution is -2.75. The van der Waals surface area contributed by atoms with Crippen LogP contribution in [0.1, 0.15) is 0 Å². The molecule has 4 atom stereocenters. The molecule has 3 rings (SSSR count). The van der Waals surface area contributed by atoms with Gasteiger partial charge in [0.2, 0.25) is 24.7 Å². The van der Waals surface area contributed by atoms with Crippen LogP contribution in [0.25, 0.3) is 0 Å². The first-order valence-electron chi connectivity index (χ1n) is 5.39. The van der Waals surface area contributed by atoms with Crippen LogP contribution in [0.15, 0.2) is 0 Å². The Balaban J connectivity index is 2.04. The molecular formula is C6H8N8O6. The molecule has 3 fully saturated rings. The van der Waals surface area contributed by atoms with Crippen LogP contribution in [0.3, 0.4) is 0 Å². The lowest BCUT2D eigenvalue weighted by Gasteiger charge is -2.39. The van der Waals surface area contributed by atoms with Crippen molar-refractivity contribution in [2.24, 2.45) is 0 Å². The van der Waals surface area contributed by atoms with E-state index in [1.165, 1.54) is 0 Å². The highest BCUT2D eigenvalue weighted by Crippen LogP contribution is 2.26. The number of nitro groups is 2. The van der Waals surface area contributed by atoms with Crippen LogP contribution >= 0.6 is 0 Å². The van der Waals surface area contributed by atoms with Gasteiger partial charge in [0.1, 0.15) is 0 Å². The van der Waals surface area contributed by atoms with E-state index in [4.69, 9.17) is 0 Å². The van der Waals surface area contributed by atoms with Crippen LogP contribution in [-0.4, -0.2) is 56.8 Å². The fraction of sp³-hybridized carbons (Fsp3) is 0.667. The molecule has 0 aromatic heterocycles. The monoisotopic (exact) mass is 288 g/mol. The van der Waals surface area contributed by atoms with Gasteiger partial charge in [0.25, 0.3) is 0 Å². The van der Waals surface area contributed by atoms with E-state index in [0.717, 1.165) is 0 Å². The summed E-state index contributed by atoms with van der Waals surface area (Å²) in [5.74, 6) is 0. The molecule has 14 nitrogen and oxygen atoms in total. The van der Waals surface area contributed by atoms with E-state index < -0.39 is 46.8 Å². The number of hydrogen-bond acceptors (Lipinski definition) is 6. The van der Waals surface area contributed by atoms with Crippen LogP contribution in [0, 0.1) is 20.2 Å². The van der Waals surface area contributed by atoms with Gasteiger partial charge >= 0.3 is 12.1 Å². The third-order valence-corrected chi connectivity index (χ3v) is 3.23. The summed E-state index contributed by atoms with van der Waals surface area (Å²) in [6.45, 7) is 0. The number of nitrogens with one attached hydrogen (secondary N) is 4. The highest BCUT2D eigenvalue weighted by Gasteiger charge is 2.64. The van der Waals surface area contributed by atoms with Crippen molar-refractivity contribution in [2.45, 2.75) is 24.7 Å². The number of fused-ring (bicyclic) bond motifs is 2. The van der Waals surface area contributed by atoms with Crippen molar-refractivity contribution in [3.05, 3.63) is 20.2 Å². The molecule has 0 saturated carbocycles. The van der Waals surface area contributed by atoms with Crippen LogP contribution in [-0.2, 0) is 0 Å². The van der Waals surface area contributed by atoms with Crippen molar-refractivity contribution in [2.75, 3.05) is 0 Å². The first kappa shape index (κ1) is 12.0. The minimum atomic E-state index is -1.29. The number of nitrogens with zero attached hydrogens (tertiary/aromatic N) is 4. The highest BCUT2D eigenvalue weighted by molar-refractivity contribution is 5.79. The average molecular weight is 288 g/mol. The number of rotatable bonds is 2. The maximum atomic E-state index is 11.3. The topological polar surface area (TPSA) is 175 Å². The smallest absolute Gasteiger partial charge is 0.309 e. The van der Waals surface area contributed by atoms with Crippen molar-refractivity contribution in [1.29, 1.82) is 0 Å². The van der Waals surface area contributed by atoms with Gasteiger partial charge in [0.15, 0.2) is 10.1 Å². The van der Waals surface area contributed by atoms with Crippen molar-refractivity contribution < 1.29 is 19.7 Å². The molecule has 3 aliphatic rings. The number of amides is 4. The summed E-state index contributed by atoms with van der Waals surface area (Å²) in [5.41, 5.74) is 0. The molecule has 20 heavy (non-hydrogen) atoms. The third kappa shape index (κ3) is 1.44. The summed E-state index contributed by atoms with van der Waals surface area (Å²) >= 11 is 0. The van der Waals surface area contributed by atoms with E-state index in [0.29, 0.717) is 10.0 Å². The van der Waals surface area contributed by atoms with Gasteiger partial charge in [-0.25, -0.2) is 29.8 Å². The van der Waals surface area contributed by atoms with Crippen molar-refractivity contribution >= 4 is 12.1 Å². The van der Waals surface area contributed by atoms with Gasteiger partial charge in [-0.2, -0.15) is 0 Å². The molecule has 0 aliphatic carbocycles. The molecule has 3 saturated heterocycles. The van der Waals surface area contributed by atoms with Crippen molar-refractivity contribution in [3.8, 4) is 0 Å². The highest BCUT2D eigenvalue weighted by atomic mass is 16.7. The standard InChI is InChI=1S/C6H8N8O6/c15-5-7-1-2(8-5)12(14(19)20)4-3(9-6(16)10-4)11(1)13(17)18/h1-4H,(H2,7,8,15)(H2,9,10,16). The van der Waals surface area contributed by atoms with Gasteiger partial charge in [-0.1, -0.05) is 10.0 Å². The molecule has 4 amide bonds. The minimum absolute atomic E-state index is 0.561. The summed E-state index contributed by atoms with van der Waals surface area (Å²) in [7, 11) is 0. The van der Waals surface area contributed by atoms with E-state index in [9.17, 15) is 29.8 Å². The summed E-state index contributed by atoms with van der Waals surface area (Å²) in [6.07, 6.45) is -5.15. The Morgan fingerprint density at radius 1 is 0.750 bits per heavy atom. The second kappa shape index (κ2) is 3.72. The molecule has 4 unspecified atom stereocenters. The fourth-order valence-corrected chi connectivity index (χ4v) is 2.53. The summed E-state index contributed by atoms with van der Waals surface area (Å²) in [6, 6.07) is -1.55. The van der Waals surface area contributed by atoms with Gasteiger partial charge in [-0.15, -0.1) is 0 Å². The SMILES string of the molecule is O=C1NC2C(N1)N([N+](=O)[O-])C1NC(=O)NC1N2[N+](=O)[O-]. The van der Waals surface area contributed by atoms with Crippen LogP contribution < -0.4 is 21.3 Å². The van der Waals surface area contributed by atoms with Crippen molar-refractivity contribution in [3.63, 3.8) is 0 Å². The van der Waals surface area contributed by atoms with Crippen LogP contribution in [0.5, 0.6) is 0 Å². The second-order valence-electron chi connectivity index (χ2n) is 4.25. The Labute approximate surface area is 109 Å². The zero-order valence-electron chi connectivity index (χ0n) is 9.55. The number of hydrazine groups is 2. The largest absolute Gasteiger partial charge is 0.318 e. The van der Waals surface area contributed by atoms with Gasteiger partial charge in [-0.05, 0) is 0 Å². The molecular weight excluding hydrogens is 280 g/mol. The summed E-state index contributed by atoms with van der Waals surface area (Å²) in [5, 5.41) is 30.5. The first-order valence-corrected chi connectivity index (χ1v) is 5.39. The van der Waals surface area contributed by atoms with E-state index in [1.807, 2.05) is 0 Å². The van der Waals surface area contributed by atoms with E-state index in [1.54, 1.807) is 0 Å². The Hall–Kier alpha value is -3.06. The lowest BCUT2D eigenvalue weighted by molar-refractivity contribution is -0.724. The van der Waals surface area contributed by atoms with Crippen LogP contribution in [0.2, 0.25) is 0 Å². The second-order valence-corrected chi connectivity index (χ2v) is 4.25. The molecule has 3 aliphatic heterocycles. The Kier molecular flexibility index (Phi) is 2.23. The van der Waals surface area contributed by atoms with Gasteiger partial charge in [0, 0.05) is 0 Å². The molecule has 0 radical (unpaired) electrons. The maximum Gasteiger partial charge on any atom is 0.318 e. The predicted molar refractivity (Wildman–Crippen MR) is 56.2 cm³/mol. The van der Waals surface area contributed by atoms with E-state index >= 15 is 0 Å². The number of carbonyl (C=O) groups excluding carboxylic acids is 2. The summed E-state index contributed by atoms with van der Waals surface area (Å²) < 4.78 is 0. The van der Waals surface area contributed by atoms with Crippen molar-refractivity contribution in [1.82, 2.24) is 31.3 Å². The minimum Gasteiger partial charge on any atom is -0.309 e. The van der Waals surface area contributed by atoms with Crippen LogP contribution in [0.4, 0.5) is 9.59 Å². The Bertz CT molecular complexity index is 450.